The maximum Gasteiger partial charge on any atom is 0.272 e. The van der Waals surface area contributed by atoms with Crippen molar-refractivity contribution in [3.8, 4) is 5.69 Å². The zero-order chi connectivity index (χ0) is 16.5. The Morgan fingerprint density at radius 2 is 2.00 bits per heavy atom. The third kappa shape index (κ3) is 2.66. The van der Waals surface area contributed by atoms with Crippen molar-refractivity contribution in [2.75, 3.05) is 5.32 Å². The largest absolute Gasteiger partial charge is 0.351 e. The van der Waals surface area contributed by atoms with Gasteiger partial charge in [-0.2, -0.15) is 5.10 Å². The molecule has 0 spiro atoms. The van der Waals surface area contributed by atoms with Gasteiger partial charge in [-0.05, 0) is 42.5 Å². The van der Waals surface area contributed by atoms with Crippen LogP contribution in [0.2, 0.25) is 5.02 Å². The minimum absolute atomic E-state index is 0.220. The van der Waals surface area contributed by atoms with Gasteiger partial charge in [0.2, 0.25) is 0 Å². The van der Waals surface area contributed by atoms with E-state index in [2.05, 4.69) is 15.4 Å². The third-order valence-corrected chi connectivity index (χ3v) is 3.97. The highest BCUT2D eigenvalue weighted by Crippen LogP contribution is 2.23. The fourth-order valence-corrected chi connectivity index (χ4v) is 2.79. The Hall–Kier alpha value is -3.05. The standard InChI is InChI=1S/C18H13ClN4O/c19-13-6-7-14-12(10-13)11-16(21-14)18(24)22-15-4-1-2-5-17(15)23-9-3-8-20-23/h1-11,21H,(H,22,24). The number of anilines is 1. The number of H-pyrrole nitrogens is 1. The van der Waals surface area contributed by atoms with Crippen LogP contribution in [0.15, 0.2) is 67.0 Å². The molecule has 0 unspecified atom stereocenters. The number of hydrogen-bond acceptors (Lipinski definition) is 2. The first-order valence-corrected chi connectivity index (χ1v) is 7.77. The summed E-state index contributed by atoms with van der Waals surface area (Å²) in [6, 6.07) is 16.6. The fraction of sp³-hybridized carbons (Fsp3) is 0. The van der Waals surface area contributed by atoms with Gasteiger partial charge in [0.05, 0.1) is 11.4 Å². The van der Waals surface area contributed by atoms with E-state index in [0.29, 0.717) is 16.4 Å². The molecule has 0 aliphatic carbocycles. The number of rotatable bonds is 3. The smallest absolute Gasteiger partial charge is 0.272 e. The van der Waals surface area contributed by atoms with Crippen LogP contribution < -0.4 is 5.32 Å². The molecule has 0 radical (unpaired) electrons. The summed E-state index contributed by atoms with van der Waals surface area (Å²) in [6.45, 7) is 0. The van der Waals surface area contributed by atoms with Crippen LogP contribution in [0.3, 0.4) is 0 Å². The number of nitrogens with zero attached hydrogens (tertiary/aromatic N) is 2. The summed E-state index contributed by atoms with van der Waals surface area (Å²) >= 11 is 5.99. The molecule has 2 aromatic carbocycles. The van der Waals surface area contributed by atoms with Crippen LogP contribution in [0.4, 0.5) is 5.69 Å². The van der Waals surface area contributed by atoms with E-state index in [1.165, 1.54) is 0 Å². The van der Waals surface area contributed by atoms with E-state index < -0.39 is 0 Å². The highest BCUT2D eigenvalue weighted by atomic mass is 35.5. The Kier molecular flexibility index (Phi) is 3.55. The van der Waals surface area contributed by atoms with Crippen LogP contribution >= 0.6 is 11.6 Å². The Balaban J connectivity index is 1.66. The predicted octanol–water partition coefficient (Wildman–Crippen LogP) is 4.26. The maximum absolute atomic E-state index is 12.6. The van der Waals surface area contributed by atoms with Gasteiger partial charge >= 0.3 is 0 Å². The number of fused-ring (bicyclic) bond motifs is 1. The van der Waals surface area contributed by atoms with Gasteiger partial charge in [0.15, 0.2) is 0 Å². The molecule has 2 aromatic heterocycles. The van der Waals surface area contributed by atoms with Gasteiger partial charge in [-0.15, -0.1) is 0 Å². The summed E-state index contributed by atoms with van der Waals surface area (Å²) in [5.74, 6) is -0.220. The number of aromatic nitrogens is 3. The molecule has 1 amide bonds. The van der Waals surface area contributed by atoms with Crippen molar-refractivity contribution in [3.63, 3.8) is 0 Å². The molecule has 0 aliphatic heterocycles. The molecule has 2 heterocycles. The minimum Gasteiger partial charge on any atom is -0.351 e. The van der Waals surface area contributed by atoms with E-state index in [1.54, 1.807) is 23.0 Å². The molecule has 0 saturated heterocycles. The van der Waals surface area contributed by atoms with E-state index in [-0.39, 0.29) is 5.91 Å². The zero-order valence-corrected chi connectivity index (χ0v) is 13.3. The number of halogens is 1. The molecular formula is C18H13ClN4O. The number of nitrogens with one attached hydrogen (secondary N) is 2. The number of para-hydroxylation sites is 2. The van der Waals surface area contributed by atoms with Crippen LogP contribution in [0.1, 0.15) is 10.5 Å². The van der Waals surface area contributed by atoms with Crippen molar-refractivity contribution in [3.05, 3.63) is 77.7 Å². The summed E-state index contributed by atoms with van der Waals surface area (Å²) in [5, 5.41) is 8.67. The quantitative estimate of drug-likeness (QED) is 0.587. The number of carbonyl (C=O) groups excluding carboxylic acids is 1. The molecule has 0 atom stereocenters. The number of amides is 1. The molecule has 4 aromatic rings. The average Bonchev–Trinajstić information content (AvgIpc) is 3.24. The van der Waals surface area contributed by atoms with E-state index in [9.17, 15) is 4.79 Å². The molecule has 0 fully saturated rings. The normalized spacial score (nSPS) is 10.9. The number of benzene rings is 2. The van der Waals surface area contributed by atoms with Crippen LogP contribution in [0.25, 0.3) is 16.6 Å². The molecule has 5 nitrogen and oxygen atoms in total. The molecule has 118 valence electrons. The lowest BCUT2D eigenvalue weighted by Crippen LogP contribution is -2.14. The van der Waals surface area contributed by atoms with Gasteiger partial charge in [0.25, 0.3) is 5.91 Å². The average molecular weight is 337 g/mol. The first kappa shape index (κ1) is 14.5. The Bertz CT molecular complexity index is 1020. The van der Waals surface area contributed by atoms with Crippen molar-refractivity contribution in [1.29, 1.82) is 0 Å². The molecule has 0 saturated carbocycles. The lowest BCUT2D eigenvalue weighted by molar-refractivity contribution is 0.102. The summed E-state index contributed by atoms with van der Waals surface area (Å²) in [7, 11) is 0. The van der Waals surface area contributed by atoms with Gasteiger partial charge in [-0.3, -0.25) is 4.79 Å². The zero-order valence-electron chi connectivity index (χ0n) is 12.5. The summed E-state index contributed by atoms with van der Waals surface area (Å²) < 4.78 is 1.71. The van der Waals surface area contributed by atoms with Gasteiger partial charge in [0, 0.05) is 28.3 Å². The Labute approximate surface area is 142 Å². The van der Waals surface area contributed by atoms with E-state index in [0.717, 1.165) is 16.6 Å². The van der Waals surface area contributed by atoms with E-state index in [1.807, 2.05) is 48.7 Å². The van der Waals surface area contributed by atoms with Crippen molar-refractivity contribution in [1.82, 2.24) is 14.8 Å². The molecule has 0 bridgehead atoms. The molecule has 6 heteroatoms. The highest BCUT2D eigenvalue weighted by Gasteiger charge is 2.12. The van der Waals surface area contributed by atoms with E-state index >= 15 is 0 Å². The first-order chi connectivity index (χ1) is 11.7. The molecule has 2 N–H and O–H groups in total. The van der Waals surface area contributed by atoms with Gasteiger partial charge in [-0.1, -0.05) is 23.7 Å². The predicted molar refractivity (Wildman–Crippen MR) is 94.8 cm³/mol. The fourth-order valence-electron chi connectivity index (χ4n) is 2.61. The SMILES string of the molecule is O=C(Nc1ccccc1-n1cccn1)c1cc2cc(Cl)ccc2[nH]1. The van der Waals surface area contributed by atoms with Crippen molar-refractivity contribution >= 4 is 34.1 Å². The number of carbonyl (C=O) groups is 1. The van der Waals surface area contributed by atoms with Gasteiger partial charge in [-0.25, -0.2) is 4.68 Å². The lowest BCUT2D eigenvalue weighted by Gasteiger charge is -2.10. The minimum atomic E-state index is -0.220. The molecule has 0 aliphatic rings. The molecule has 4 rings (SSSR count). The van der Waals surface area contributed by atoms with Crippen molar-refractivity contribution in [2.45, 2.75) is 0 Å². The Morgan fingerprint density at radius 3 is 2.83 bits per heavy atom. The van der Waals surface area contributed by atoms with Crippen molar-refractivity contribution in [2.24, 2.45) is 0 Å². The second-order valence-corrected chi connectivity index (χ2v) is 5.77. The van der Waals surface area contributed by atoms with Crippen molar-refractivity contribution < 1.29 is 4.79 Å². The maximum atomic E-state index is 12.6. The van der Waals surface area contributed by atoms with Crippen LogP contribution in [-0.4, -0.2) is 20.7 Å². The topological polar surface area (TPSA) is 62.7 Å². The van der Waals surface area contributed by atoms with Gasteiger partial charge in [0.1, 0.15) is 5.69 Å². The first-order valence-electron chi connectivity index (χ1n) is 7.39. The summed E-state index contributed by atoms with van der Waals surface area (Å²) in [6.07, 6.45) is 3.52. The summed E-state index contributed by atoms with van der Waals surface area (Å²) in [4.78, 5) is 15.7. The molecule has 24 heavy (non-hydrogen) atoms. The second-order valence-electron chi connectivity index (χ2n) is 5.34. The monoisotopic (exact) mass is 336 g/mol. The number of hydrogen-bond donors (Lipinski definition) is 2. The van der Waals surface area contributed by atoms with Gasteiger partial charge < -0.3 is 10.3 Å². The van der Waals surface area contributed by atoms with Crippen LogP contribution in [0, 0.1) is 0 Å². The van der Waals surface area contributed by atoms with E-state index in [4.69, 9.17) is 11.6 Å². The van der Waals surface area contributed by atoms with Crippen LogP contribution in [0.5, 0.6) is 0 Å². The summed E-state index contributed by atoms with van der Waals surface area (Å²) in [5.41, 5.74) is 2.82. The second kappa shape index (κ2) is 5.86. The Morgan fingerprint density at radius 1 is 1.12 bits per heavy atom. The lowest BCUT2D eigenvalue weighted by atomic mass is 10.2. The highest BCUT2D eigenvalue weighted by molar-refractivity contribution is 6.31. The van der Waals surface area contributed by atoms with Crippen LogP contribution in [-0.2, 0) is 0 Å². The number of aromatic amines is 1. The third-order valence-electron chi connectivity index (χ3n) is 3.73. The molecular weight excluding hydrogens is 324 g/mol.